The van der Waals surface area contributed by atoms with Crippen LogP contribution in [0.1, 0.15) is 31.2 Å². The summed E-state index contributed by atoms with van der Waals surface area (Å²) < 4.78 is 0. The van der Waals surface area contributed by atoms with Gasteiger partial charge in [0.2, 0.25) is 0 Å². The lowest BCUT2D eigenvalue weighted by Crippen LogP contribution is -2.16. The molecule has 0 saturated heterocycles. The molecule has 4 heteroatoms. The van der Waals surface area contributed by atoms with E-state index in [0.29, 0.717) is 11.2 Å². The number of halogens is 1. The monoisotopic (exact) mass is 211 g/mol. The molecule has 1 fully saturated rings. The van der Waals surface area contributed by atoms with Gasteiger partial charge in [-0.1, -0.05) is 24.4 Å². The molecule has 0 aromatic carbocycles. The van der Waals surface area contributed by atoms with Crippen LogP contribution in [0, 0.1) is 6.92 Å². The molecule has 1 aliphatic rings. The van der Waals surface area contributed by atoms with Crippen molar-refractivity contribution in [2.45, 2.75) is 38.6 Å². The Labute approximate surface area is 88.9 Å². The van der Waals surface area contributed by atoms with Gasteiger partial charge in [-0.15, -0.1) is 0 Å². The largest absolute Gasteiger partial charge is 0.367 e. The number of hydrogen-bond acceptors (Lipinski definition) is 3. The van der Waals surface area contributed by atoms with E-state index >= 15 is 0 Å². The van der Waals surface area contributed by atoms with Crippen molar-refractivity contribution >= 4 is 17.4 Å². The summed E-state index contributed by atoms with van der Waals surface area (Å²) >= 11 is 5.91. The maximum Gasteiger partial charge on any atom is 0.137 e. The molecule has 0 bridgehead atoms. The molecule has 0 radical (unpaired) electrons. The summed E-state index contributed by atoms with van der Waals surface area (Å²) in [5.41, 5.74) is 0.945. The maximum atomic E-state index is 5.91. The summed E-state index contributed by atoms with van der Waals surface area (Å²) in [7, 11) is 0. The highest BCUT2D eigenvalue weighted by molar-refractivity contribution is 6.30. The molecule has 1 aromatic heterocycles. The van der Waals surface area contributed by atoms with E-state index in [4.69, 9.17) is 11.6 Å². The van der Waals surface area contributed by atoms with E-state index in [2.05, 4.69) is 15.3 Å². The molecule has 1 N–H and O–H groups in total. The van der Waals surface area contributed by atoms with Crippen molar-refractivity contribution in [2.75, 3.05) is 5.32 Å². The van der Waals surface area contributed by atoms with Gasteiger partial charge in [-0.25, -0.2) is 9.97 Å². The van der Waals surface area contributed by atoms with Crippen molar-refractivity contribution in [3.63, 3.8) is 0 Å². The van der Waals surface area contributed by atoms with Crippen LogP contribution in [0.4, 0.5) is 5.82 Å². The second-order valence-corrected chi connectivity index (χ2v) is 4.12. The highest BCUT2D eigenvalue weighted by atomic mass is 35.5. The number of hydrogen-bond donors (Lipinski definition) is 1. The molecular formula is C10H14ClN3. The minimum absolute atomic E-state index is 0.542. The van der Waals surface area contributed by atoms with Crippen LogP contribution in [0.3, 0.4) is 0 Å². The minimum Gasteiger partial charge on any atom is -0.367 e. The van der Waals surface area contributed by atoms with E-state index in [1.165, 1.54) is 32.0 Å². The highest BCUT2D eigenvalue weighted by Crippen LogP contribution is 2.24. The Morgan fingerprint density at radius 3 is 2.79 bits per heavy atom. The molecule has 0 aliphatic heterocycles. The third-order valence-electron chi connectivity index (χ3n) is 2.72. The van der Waals surface area contributed by atoms with E-state index in [9.17, 15) is 0 Å². The summed E-state index contributed by atoms with van der Waals surface area (Å²) in [6.45, 7) is 1.94. The summed E-state index contributed by atoms with van der Waals surface area (Å²) in [5, 5.41) is 3.96. The third-order valence-corrected chi connectivity index (χ3v) is 3.10. The summed E-state index contributed by atoms with van der Waals surface area (Å²) in [6, 6.07) is 0.569. The summed E-state index contributed by atoms with van der Waals surface area (Å²) in [6.07, 6.45) is 6.61. The number of rotatable bonds is 2. The molecule has 1 heterocycles. The zero-order chi connectivity index (χ0) is 9.97. The molecule has 0 atom stereocenters. The fourth-order valence-electron chi connectivity index (χ4n) is 1.84. The van der Waals surface area contributed by atoms with Gasteiger partial charge >= 0.3 is 0 Å². The lowest BCUT2D eigenvalue weighted by molar-refractivity contribution is 0.748. The first-order valence-electron chi connectivity index (χ1n) is 5.01. The Balaban J connectivity index is 2.11. The second kappa shape index (κ2) is 4.13. The van der Waals surface area contributed by atoms with Gasteiger partial charge in [0.1, 0.15) is 17.3 Å². The molecular weight excluding hydrogens is 198 g/mol. The van der Waals surface area contributed by atoms with Crippen molar-refractivity contribution in [3.05, 3.63) is 17.0 Å². The molecule has 1 saturated carbocycles. The normalized spacial score (nSPS) is 17.3. The van der Waals surface area contributed by atoms with Crippen LogP contribution >= 0.6 is 11.6 Å². The third kappa shape index (κ3) is 1.98. The fraction of sp³-hybridized carbons (Fsp3) is 0.600. The lowest BCUT2D eigenvalue weighted by atomic mass is 10.2. The predicted molar refractivity (Wildman–Crippen MR) is 57.7 cm³/mol. The zero-order valence-corrected chi connectivity index (χ0v) is 9.01. The SMILES string of the molecule is Cc1c(Cl)ncnc1NC1CCCC1. The second-order valence-electron chi connectivity index (χ2n) is 3.76. The average molecular weight is 212 g/mol. The first-order valence-corrected chi connectivity index (χ1v) is 5.39. The number of anilines is 1. The minimum atomic E-state index is 0.542. The van der Waals surface area contributed by atoms with E-state index < -0.39 is 0 Å². The van der Waals surface area contributed by atoms with Crippen molar-refractivity contribution in [1.82, 2.24) is 9.97 Å². The van der Waals surface area contributed by atoms with Crippen LogP contribution < -0.4 is 5.32 Å². The smallest absolute Gasteiger partial charge is 0.137 e. The van der Waals surface area contributed by atoms with Gasteiger partial charge in [-0.3, -0.25) is 0 Å². The summed E-state index contributed by atoms with van der Waals surface area (Å²) in [4.78, 5) is 8.12. The van der Waals surface area contributed by atoms with E-state index in [0.717, 1.165) is 11.4 Å². The van der Waals surface area contributed by atoms with E-state index in [1.54, 1.807) is 0 Å². The van der Waals surface area contributed by atoms with Crippen LogP contribution in [0.25, 0.3) is 0 Å². The Bertz CT molecular complexity index is 321. The van der Waals surface area contributed by atoms with E-state index in [1.807, 2.05) is 6.92 Å². The van der Waals surface area contributed by atoms with Gasteiger partial charge in [0.25, 0.3) is 0 Å². The van der Waals surface area contributed by atoms with Crippen LogP contribution in [0.15, 0.2) is 6.33 Å². The van der Waals surface area contributed by atoms with Gasteiger partial charge in [0, 0.05) is 11.6 Å². The number of aromatic nitrogens is 2. The van der Waals surface area contributed by atoms with Crippen LogP contribution in [-0.4, -0.2) is 16.0 Å². The molecule has 1 aromatic rings. The molecule has 2 rings (SSSR count). The van der Waals surface area contributed by atoms with Crippen molar-refractivity contribution < 1.29 is 0 Å². The Kier molecular flexibility index (Phi) is 2.87. The van der Waals surface area contributed by atoms with Gasteiger partial charge in [0.05, 0.1) is 0 Å². The molecule has 0 amide bonds. The fourth-order valence-corrected chi connectivity index (χ4v) is 1.97. The molecule has 3 nitrogen and oxygen atoms in total. The maximum absolute atomic E-state index is 5.91. The van der Waals surface area contributed by atoms with Crippen LogP contribution in [-0.2, 0) is 0 Å². The quantitative estimate of drug-likeness (QED) is 0.765. The van der Waals surface area contributed by atoms with Crippen LogP contribution in [0.2, 0.25) is 5.15 Å². The van der Waals surface area contributed by atoms with Crippen LogP contribution in [0.5, 0.6) is 0 Å². The van der Waals surface area contributed by atoms with Crippen molar-refractivity contribution in [2.24, 2.45) is 0 Å². The molecule has 0 spiro atoms. The van der Waals surface area contributed by atoms with Gasteiger partial charge in [0.15, 0.2) is 0 Å². The highest BCUT2D eigenvalue weighted by Gasteiger charge is 2.16. The topological polar surface area (TPSA) is 37.8 Å². The predicted octanol–water partition coefficient (Wildman–Crippen LogP) is 2.79. The Morgan fingerprint density at radius 2 is 2.07 bits per heavy atom. The standard InChI is InChI=1S/C10H14ClN3/c1-7-9(11)12-6-13-10(7)14-8-4-2-3-5-8/h6,8H,2-5H2,1H3,(H,12,13,14). The average Bonchev–Trinajstić information content (AvgIpc) is 2.66. The van der Waals surface area contributed by atoms with Crippen molar-refractivity contribution in [1.29, 1.82) is 0 Å². The van der Waals surface area contributed by atoms with Gasteiger partial charge in [-0.05, 0) is 19.8 Å². The molecule has 1 aliphatic carbocycles. The Hall–Kier alpha value is -0.830. The van der Waals surface area contributed by atoms with E-state index in [-0.39, 0.29) is 0 Å². The van der Waals surface area contributed by atoms with Gasteiger partial charge < -0.3 is 5.32 Å². The van der Waals surface area contributed by atoms with Crippen molar-refractivity contribution in [3.8, 4) is 0 Å². The molecule has 14 heavy (non-hydrogen) atoms. The summed E-state index contributed by atoms with van der Waals surface area (Å²) in [5.74, 6) is 0.886. The lowest BCUT2D eigenvalue weighted by Gasteiger charge is -2.14. The first-order chi connectivity index (χ1) is 6.77. The van der Waals surface area contributed by atoms with Gasteiger partial charge in [-0.2, -0.15) is 0 Å². The molecule has 0 unspecified atom stereocenters. The zero-order valence-electron chi connectivity index (χ0n) is 8.26. The first kappa shape index (κ1) is 9.71. The number of nitrogens with one attached hydrogen (secondary N) is 1. The number of nitrogens with zero attached hydrogens (tertiary/aromatic N) is 2. The molecule has 76 valence electrons. The Morgan fingerprint density at radius 1 is 1.36 bits per heavy atom.